The molecule has 0 fully saturated rings. The van der Waals surface area contributed by atoms with E-state index in [4.69, 9.17) is 16.3 Å². The van der Waals surface area contributed by atoms with Gasteiger partial charge < -0.3 is 15.2 Å². The van der Waals surface area contributed by atoms with Crippen LogP contribution in [0, 0.1) is 22.8 Å². The van der Waals surface area contributed by atoms with E-state index in [9.17, 15) is 24.0 Å². The molecule has 12 heteroatoms. The number of anilines is 1. The number of halogens is 1. The highest BCUT2D eigenvalue weighted by molar-refractivity contribution is 7.89. The minimum Gasteiger partial charge on any atom is -0.485 e. The topological polar surface area (TPSA) is 151 Å². The first-order valence-electron chi connectivity index (χ1n) is 12.2. The number of hydrogen-bond donors (Lipinski definition) is 3. The number of fused-ring (bicyclic) bond motifs is 1. The van der Waals surface area contributed by atoms with Crippen LogP contribution in [-0.4, -0.2) is 42.0 Å². The molecule has 2 atom stereocenters. The third-order valence-electron chi connectivity index (χ3n) is 6.32. The van der Waals surface area contributed by atoms with Gasteiger partial charge in [0.2, 0.25) is 16.0 Å². The van der Waals surface area contributed by atoms with Gasteiger partial charge in [0.05, 0.1) is 11.0 Å². The average Bonchev–Trinajstić information content (AvgIpc) is 2.92. The van der Waals surface area contributed by atoms with Crippen molar-refractivity contribution in [3.63, 3.8) is 0 Å². The van der Waals surface area contributed by atoms with Crippen LogP contribution in [0.3, 0.4) is 0 Å². The van der Waals surface area contributed by atoms with Crippen LogP contribution >= 0.6 is 11.6 Å². The van der Waals surface area contributed by atoms with Gasteiger partial charge in [-0.25, -0.2) is 13.4 Å². The minimum absolute atomic E-state index is 0.00278. The molecular weight excluding hydrogens is 552 g/mol. The van der Waals surface area contributed by atoms with E-state index < -0.39 is 27.8 Å². The Kier molecular flexibility index (Phi) is 8.62. The molecule has 10 nitrogen and oxygen atoms in total. The average molecular weight is 579 g/mol. The van der Waals surface area contributed by atoms with E-state index in [1.807, 2.05) is 18.3 Å². The monoisotopic (exact) mass is 578 g/mol. The molecule has 3 aromatic carbocycles. The van der Waals surface area contributed by atoms with Crippen molar-refractivity contribution in [2.45, 2.75) is 43.0 Å². The van der Waals surface area contributed by atoms with Crippen LogP contribution in [-0.2, 0) is 16.6 Å². The third kappa shape index (κ3) is 6.36. The van der Waals surface area contributed by atoms with Gasteiger partial charge >= 0.3 is 0 Å². The molecular formula is C28H27ClN6O4S. The number of aliphatic hydroxyl groups excluding tert-OH is 1. The molecule has 3 N–H and O–H groups in total. The molecule has 1 aliphatic heterocycles. The van der Waals surface area contributed by atoms with E-state index in [2.05, 4.69) is 15.6 Å². The molecule has 0 spiro atoms. The SMILES string of the molecule is CC1(C)Oc2ccc(S(=O)(=O)N(CC#N)Cc3ccccc3)cc2[C@@H](N=C(NC#N)Nc2ccc(Cl)cc2)[C@@H]1O. The van der Waals surface area contributed by atoms with E-state index >= 15 is 0 Å². The largest absolute Gasteiger partial charge is 0.485 e. The summed E-state index contributed by atoms with van der Waals surface area (Å²) in [4.78, 5) is 4.49. The van der Waals surface area contributed by atoms with Crippen molar-refractivity contribution in [2.75, 3.05) is 11.9 Å². The molecule has 3 aromatic rings. The Morgan fingerprint density at radius 1 is 1.12 bits per heavy atom. The second kappa shape index (κ2) is 11.9. The molecule has 1 aliphatic rings. The lowest BCUT2D eigenvalue weighted by atomic mass is 9.87. The van der Waals surface area contributed by atoms with Gasteiger partial charge in [0.15, 0.2) is 6.19 Å². The van der Waals surface area contributed by atoms with Crippen molar-refractivity contribution in [3.8, 4) is 18.0 Å². The summed E-state index contributed by atoms with van der Waals surface area (Å²) >= 11 is 5.97. The van der Waals surface area contributed by atoms with Crippen molar-refractivity contribution in [1.82, 2.24) is 9.62 Å². The number of benzene rings is 3. The zero-order chi connectivity index (χ0) is 28.9. The smallest absolute Gasteiger partial charge is 0.244 e. The molecule has 206 valence electrons. The molecule has 0 saturated heterocycles. The zero-order valence-electron chi connectivity index (χ0n) is 21.7. The molecule has 0 amide bonds. The van der Waals surface area contributed by atoms with E-state index in [1.165, 1.54) is 18.2 Å². The number of aliphatic hydroxyl groups is 1. The predicted octanol–water partition coefficient (Wildman–Crippen LogP) is 4.17. The summed E-state index contributed by atoms with van der Waals surface area (Å²) in [7, 11) is -4.13. The lowest BCUT2D eigenvalue weighted by Crippen LogP contribution is -2.49. The number of nitrogens with zero attached hydrogens (tertiary/aromatic N) is 4. The van der Waals surface area contributed by atoms with Crippen LogP contribution < -0.4 is 15.4 Å². The highest BCUT2D eigenvalue weighted by Gasteiger charge is 2.44. The Balaban J connectivity index is 1.76. The molecule has 0 aromatic heterocycles. The Labute approximate surface area is 238 Å². The van der Waals surface area contributed by atoms with Gasteiger partial charge in [-0.15, -0.1) is 0 Å². The Morgan fingerprint density at radius 2 is 1.82 bits per heavy atom. The van der Waals surface area contributed by atoms with Gasteiger partial charge in [-0.2, -0.15) is 14.8 Å². The summed E-state index contributed by atoms with van der Waals surface area (Å²) in [5, 5.41) is 35.9. The standard InChI is InChI=1S/C28H27ClN6O4S/c1-28(2)26(36)25(34-27(32-18-31)33-21-10-8-20(29)9-11-21)23-16-22(12-13-24(23)39-28)40(37,38)35(15-14-30)17-19-6-4-3-5-7-19/h3-13,16,25-26,36H,15,17H2,1-2H3,(H2,32,33,34)/t25-,26+/m1/s1. The molecule has 0 saturated carbocycles. The van der Waals surface area contributed by atoms with Crippen molar-refractivity contribution in [2.24, 2.45) is 4.99 Å². The van der Waals surface area contributed by atoms with E-state index in [1.54, 1.807) is 62.4 Å². The van der Waals surface area contributed by atoms with Gasteiger partial charge in [-0.1, -0.05) is 41.9 Å². The second-order valence-electron chi connectivity index (χ2n) is 9.56. The normalized spacial score (nSPS) is 18.1. The maximum Gasteiger partial charge on any atom is 0.244 e. The maximum absolute atomic E-state index is 13.7. The first kappa shape index (κ1) is 28.9. The summed E-state index contributed by atoms with van der Waals surface area (Å²) in [6.07, 6.45) is 0.613. The molecule has 0 unspecified atom stereocenters. The van der Waals surface area contributed by atoms with Gasteiger partial charge in [0.1, 0.15) is 30.0 Å². The van der Waals surface area contributed by atoms with Crippen LogP contribution in [0.15, 0.2) is 82.7 Å². The fourth-order valence-corrected chi connectivity index (χ4v) is 5.73. The first-order chi connectivity index (χ1) is 19.0. The quantitative estimate of drug-likeness (QED) is 0.124. The number of nitriles is 2. The van der Waals surface area contributed by atoms with Crippen molar-refractivity contribution in [3.05, 3.63) is 88.9 Å². The van der Waals surface area contributed by atoms with E-state index in [0.717, 1.165) is 9.87 Å². The summed E-state index contributed by atoms with van der Waals surface area (Å²) in [5.74, 6) is 0.363. The number of aliphatic imine (C=N–C) groups is 1. The number of guanidine groups is 1. The Bertz CT molecular complexity index is 1580. The Hall–Kier alpha value is -4.13. The van der Waals surface area contributed by atoms with E-state index in [-0.39, 0.29) is 23.9 Å². The van der Waals surface area contributed by atoms with Crippen molar-refractivity contribution in [1.29, 1.82) is 10.5 Å². The lowest BCUT2D eigenvalue weighted by Gasteiger charge is -2.40. The summed E-state index contributed by atoms with van der Waals surface area (Å²) in [6, 6.07) is 20.9. The summed E-state index contributed by atoms with van der Waals surface area (Å²) in [5.41, 5.74) is 0.526. The fraction of sp³-hybridized carbons (Fsp3) is 0.250. The molecule has 0 radical (unpaired) electrons. The maximum atomic E-state index is 13.7. The Morgan fingerprint density at radius 3 is 2.48 bits per heavy atom. The zero-order valence-corrected chi connectivity index (χ0v) is 23.3. The van der Waals surface area contributed by atoms with E-state index in [0.29, 0.717) is 22.0 Å². The number of ether oxygens (including phenoxy) is 1. The third-order valence-corrected chi connectivity index (χ3v) is 8.36. The van der Waals surface area contributed by atoms with Crippen molar-refractivity contribution >= 4 is 33.3 Å². The van der Waals surface area contributed by atoms with Gasteiger partial charge in [0, 0.05) is 22.8 Å². The number of rotatable bonds is 7. The molecule has 1 heterocycles. The molecule has 0 aliphatic carbocycles. The second-order valence-corrected chi connectivity index (χ2v) is 11.9. The summed E-state index contributed by atoms with van der Waals surface area (Å²) in [6.45, 7) is 3.02. The molecule has 4 rings (SSSR count). The minimum atomic E-state index is -4.13. The number of nitrogens with one attached hydrogen (secondary N) is 2. The number of hydrogen-bond acceptors (Lipinski definition) is 7. The first-order valence-corrected chi connectivity index (χ1v) is 14.0. The van der Waals surface area contributed by atoms with Crippen molar-refractivity contribution < 1.29 is 18.3 Å². The van der Waals surface area contributed by atoms with Crippen LogP contribution in [0.25, 0.3) is 0 Å². The molecule has 0 bridgehead atoms. The fourth-order valence-electron chi connectivity index (χ4n) is 4.24. The molecule has 40 heavy (non-hydrogen) atoms. The lowest BCUT2D eigenvalue weighted by molar-refractivity contribution is -0.0568. The van der Waals surface area contributed by atoms with Crippen LogP contribution in [0.2, 0.25) is 5.02 Å². The van der Waals surface area contributed by atoms with Gasteiger partial charge in [0.25, 0.3) is 0 Å². The summed E-state index contributed by atoms with van der Waals surface area (Å²) < 4.78 is 34.4. The van der Waals surface area contributed by atoms with Crippen LogP contribution in [0.5, 0.6) is 5.75 Å². The highest BCUT2D eigenvalue weighted by Crippen LogP contribution is 2.43. The highest BCUT2D eigenvalue weighted by atomic mass is 35.5. The predicted molar refractivity (Wildman–Crippen MR) is 151 cm³/mol. The van der Waals surface area contributed by atoms with Gasteiger partial charge in [-0.3, -0.25) is 5.32 Å². The van der Waals surface area contributed by atoms with Crippen LogP contribution in [0.4, 0.5) is 5.69 Å². The van der Waals surface area contributed by atoms with Crippen LogP contribution in [0.1, 0.15) is 31.0 Å². The number of sulfonamides is 1. The van der Waals surface area contributed by atoms with Gasteiger partial charge in [-0.05, 0) is 61.9 Å².